The van der Waals surface area contributed by atoms with E-state index in [-0.39, 0.29) is 24.8 Å². The zero-order valence-corrected chi connectivity index (χ0v) is 25.4. The van der Waals surface area contributed by atoms with E-state index >= 15 is 0 Å². The van der Waals surface area contributed by atoms with Crippen LogP contribution in [0.1, 0.15) is 68.7 Å². The zero-order chi connectivity index (χ0) is 18.6. The van der Waals surface area contributed by atoms with Crippen LogP contribution in [0, 0.1) is 11.8 Å². The molecule has 0 heterocycles. The van der Waals surface area contributed by atoms with Crippen molar-refractivity contribution < 1.29 is 15.9 Å². The smallest absolute Gasteiger partial charge is 0.147 e. The summed E-state index contributed by atoms with van der Waals surface area (Å²) < 4.78 is 4.56. The predicted molar refractivity (Wildman–Crippen MR) is 124 cm³/mol. The van der Waals surface area contributed by atoms with E-state index < -0.39 is 15.9 Å². The van der Waals surface area contributed by atoms with Crippen LogP contribution in [0.5, 0.6) is 0 Å². The molecular formula is C21H37Cl3HfSi. The second-order valence-electron chi connectivity index (χ2n) is 8.43. The fourth-order valence-electron chi connectivity index (χ4n) is 5.52. The minimum Gasteiger partial charge on any atom is -0.147 e. The average Bonchev–Trinajstić information content (AvgIpc) is 2.81. The third-order valence-electron chi connectivity index (χ3n) is 7.29. The number of hydrogen-bond donors (Lipinski definition) is 0. The fraction of sp³-hybridized carbons (Fsp3) is 0.619. The maximum Gasteiger partial charge on any atom is -0.147 e. The minimum absolute atomic E-state index is 0. The van der Waals surface area contributed by atoms with E-state index in [0.717, 1.165) is 0 Å². The molecule has 26 heavy (non-hydrogen) atoms. The molecule has 0 nitrogen and oxygen atoms in total. The first-order valence-corrected chi connectivity index (χ1v) is 28.3. The molecule has 0 saturated carbocycles. The Morgan fingerprint density at radius 3 is 1.27 bits per heavy atom. The van der Waals surface area contributed by atoms with Gasteiger partial charge in [-0.15, -0.1) is 24.8 Å². The van der Waals surface area contributed by atoms with E-state index in [1.54, 1.807) is 17.8 Å². The molecule has 2 unspecified atom stereocenters. The van der Waals surface area contributed by atoms with Crippen molar-refractivity contribution in [3.05, 3.63) is 40.1 Å². The van der Waals surface area contributed by atoms with E-state index in [4.69, 9.17) is 8.58 Å². The zero-order valence-electron chi connectivity index (χ0n) is 18.0. The Balaban J connectivity index is 0.00000312. The number of allylic oxidation sites excluding steroid dienone is 8. The van der Waals surface area contributed by atoms with Crippen LogP contribution in [0.4, 0.5) is 0 Å². The second-order valence-corrected chi connectivity index (χ2v) is 49.1. The molecule has 2 atom stereocenters. The van der Waals surface area contributed by atoms with Crippen LogP contribution in [0.2, 0.25) is 4.18 Å². The molecule has 2 aliphatic carbocycles. The normalized spacial score (nSPS) is 24.4. The number of hydrogen-bond acceptors (Lipinski definition) is 0. The molecule has 0 saturated heterocycles. The van der Waals surface area contributed by atoms with Crippen LogP contribution < -0.4 is 0 Å². The Hall–Kier alpha value is 0.917. The first-order chi connectivity index (χ1) is 10.9. The van der Waals surface area contributed by atoms with Gasteiger partial charge in [0.1, 0.15) is 0 Å². The van der Waals surface area contributed by atoms with E-state index in [2.05, 4.69) is 69.3 Å². The molecule has 0 N–H and O–H groups in total. The SMILES string of the molecule is CC[CH2][Hf](=[SiH2])([Cl])([C]1=C(C)C(C)=C(C)C1C)[C]1=C(C)C(C)=C(C)C1C.Cl.Cl. The molecule has 2 aliphatic rings. The van der Waals surface area contributed by atoms with Crippen molar-refractivity contribution in [2.24, 2.45) is 11.8 Å². The second kappa shape index (κ2) is 8.74. The van der Waals surface area contributed by atoms with Gasteiger partial charge in [0.05, 0.1) is 0 Å². The third-order valence-corrected chi connectivity index (χ3v) is 41.5. The summed E-state index contributed by atoms with van der Waals surface area (Å²) in [5, 5.41) is 0. The Kier molecular flexibility index (Phi) is 9.04. The van der Waals surface area contributed by atoms with Crippen molar-refractivity contribution in [3.8, 4) is 0 Å². The van der Waals surface area contributed by atoms with Crippen LogP contribution in [-0.2, 0) is 15.9 Å². The van der Waals surface area contributed by atoms with Crippen molar-refractivity contribution >= 4 is 40.3 Å². The largest absolute Gasteiger partial charge is 0.147 e. The van der Waals surface area contributed by atoms with Crippen LogP contribution in [0.15, 0.2) is 40.1 Å². The summed E-state index contributed by atoms with van der Waals surface area (Å²) in [5.74, 6) is 1.05. The van der Waals surface area contributed by atoms with Crippen molar-refractivity contribution in [2.45, 2.75) is 72.9 Å². The van der Waals surface area contributed by atoms with Crippen LogP contribution in [-0.4, -0.2) is 6.94 Å². The Labute approximate surface area is 179 Å². The summed E-state index contributed by atoms with van der Waals surface area (Å²) in [6.07, 6.45) is 1.19. The van der Waals surface area contributed by atoms with Gasteiger partial charge in [0.25, 0.3) is 0 Å². The molecule has 0 aromatic carbocycles. The summed E-state index contributed by atoms with van der Waals surface area (Å²) in [6, 6.07) is 0. The molecule has 5 heteroatoms. The van der Waals surface area contributed by atoms with Gasteiger partial charge in [0, 0.05) is 0 Å². The monoisotopic (exact) mass is 602 g/mol. The van der Waals surface area contributed by atoms with Crippen molar-refractivity contribution in [3.63, 3.8) is 0 Å². The Bertz CT molecular complexity index is 740. The summed E-state index contributed by atoms with van der Waals surface area (Å²) in [4.78, 5) is 0. The standard InChI is InChI=1S/2C9H13.C3H7.3ClH.Hf.H2Si/c2*1-6-5-7(2)9(4)8(6)3;1-3-2;;;;;/h2*6H,1-4H3;1,3H2,2H3;3*1H;;1H2/q;;;;;;+1;/p-1. The van der Waals surface area contributed by atoms with Gasteiger partial charge in [0.15, 0.2) is 0 Å². The van der Waals surface area contributed by atoms with Crippen molar-refractivity contribution in [1.82, 2.24) is 0 Å². The molecule has 150 valence electrons. The summed E-state index contributed by atoms with van der Waals surface area (Å²) in [6.45, 7) is 23.3. The summed E-state index contributed by atoms with van der Waals surface area (Å²) in [5.41, 5.74) is 9.11. The molecule has 0 bridgehead atoms. The minimum atomic E-state index is -3.88. The van der Waals surface area contributed by atoms with Crippen LogP contribution in [0.25, 0.3) is 0 Å². The molecule has 0 radical (unpaired) electrons. The number of rotatable bonds is 4. The maximum atomic E-state index is 8.01. The summed E-state index contributed by atoms with van der Waals surface area (Å²) >= 11 is -3.88. The molecule has 0 aromatic rings. The van der Waals surface area contributed by atoms with Crippen LogP contribution in [0.3, 0.4) is 0 Å². The maximum absolute atomic E-state index is 8.01. The van der Waals surface area contributed by atoms with Gasteiger partial charge in [-0.05, 0) is 0 Å². The van der Waals surface area contributed by atoms with E-state index in [1.165, 1.54) is 32.9 Å². The van der Waals surface area contributed by atoms with Crippen LogP contribution >= 0.6 is 33.4 Å². The molecule has 0 spiro atoms. The topological polar surface area (TPSA) is 0 Å². The van der Waals surface area contributed by atoms with Gasteiger partial charge in [-0.3, -0.25) is 0 Å². The van der Waals surface area contributed by atoms with E-state index in [1.807, 2.05) is 0 Å². The van der Waals surface area contributed by atoms with Gasteiger partial charge in [-0.2, -0.15) is 0 Å². The average molecular weight is 602 g/mol. The van der Waals surface area contributed by atoms with Crippen molar-refractivity contribution in [1.29, 1.82) is 0 Å². The molecule has 0 aromatic heterocycles. The molecule has 0 amide bonds. The van der Waals surface area contributed by atoms with Gasteiger partial charge in [-0.25, -0.2) is 0 Å². The van der Waals surface area contributed by atoms with Gasteiger partial charge in [0.2, 0.25) is 0 Å². The molecule has 0 fully saturated rings. The molecule has 0 aliphatic heterocycles. The van der Waals surface area contributed by atoms with E-state index in [9.17, 15) is 0 Å². The third kappa shape index (κ3) is 3.72. The van der Waals surface area contributed by atoms with Crippen molar-refractivity contribution in [2.75, 3.05) is 0 Å². The quantitative estimate of drug-likeness (QED) is 0.292. The first-order valence-electron chi connectivity index (χ1n) is 9.41. The van der Waals surface area contributed by atoms with E-state index in [0.29, 0.717) is 11.8 Å². The summed E-state index contributed by atoms with van der Waals surface area (Å²) in [7, 11) is 8.01. The number of halogens is 3. The predicted octanol–water partition coefficient (Wildman–Crippen LogP) is 7.57. The Morgan fingerprint density at radius 1 is 0.769 bits per heavy atom. The van der Waals surface area contributed by atoms with Gasteiger partial charge < -0.3 is 0 Å². The molecule has 2 rings (SSSR count). The fourth-order valence-corrected chi connectivity index (χ4v) is 47.2. The molecular weight excluding hydrogens is 565 g/mol. The first kappa shape index (κ1) is 26.9. The van der Waals surface area contributed by atoms with Gasteiger partial charge in [-0.1, -0.05) is 0 Å². The van der Waals surface area contributed by atoms with Gasteiger partial charge >= 0.3 is 156 Å². The Morgan fingerprint density at radius 2 is 1.08 bits per heavy atom.